The maximum absolute atomic E-state index is 12.8. The van der Waals surface area contributed by atoms with Crippen LogP contribution in [0.5, 0.6) is 17.2 Å². The average molecular weight is 426 g/mol. The van der Waals surface area contributed by atoms with Crippen molar-refractivity contribution in [1.29, 1.82) is 0 Å². The van der Waals surface area contributed by atoms with Crippen molar-refractivity contribution in [2.24, 2.45) is 23.2 Å². The fraction of sp³-hybridized carbons (Fsp3) is 0.542. The van der Waals surface area contributed by atoms with Gasteiger partial charge in [0.1, 0.15) is 12.4 Å². The molecule has 30 heavy (non-hydrogen) atoms. The van der Waals surface area contributed by atoms with Crippen LogP contribution >= 0.6 is 11.3 Å². The largest absolute Gasteiger partial charge is 0.489 e. The lowest BCUT2D eigenvalue weighted by Crippen LogP contribution is -2.51. The quantitative estimate of drug-likeness (QED) is 0.707. The van der Waals surface area contributed by atoms with Crippen LogP contribution in [0.4, 0.5) is 0 Å². The van der Waals surface area contributed by atoms with E-state index in [0.29, 0.717) is 17.8 Å². The lowest BCUT2D eigenvalue weighted by Gasteiger charge is -2.56. The molecule has 1 aliphatic heterocycles. The molecule has 4 saturated carbocycles. The number of hydrogen-bond acceptors (Lipinski definition) is 5. The zero-order chi connectivity index (χ0) is 20.1. The van der Waals surface area contributed by atoms with Crippen molar-refractivity contribution in [3.8, 4) is 17.2 Å². The molecule has 1 amide bonds. The van der Waals surface area contributed by atoms with Crippen LogP contribution in [0.15, 0.2) is 29.6 Å². The van der Waals surface area contributed by atoms with Crippen molar-refractivity contribution < 1.29 is 19.0 Å². The summed E-state index contributed by atoms with van der Waals surface area (Å²) in [4.78, 5) is 13.5. The van der Waals surface area contributed by atoms with Crippen molar-refractivity contribution in [2.45, 2.75) is 45.1 Å². The van der Waals surface area contributed by atoms with Gasteiger partial charge >= 0.3 is 0 Å². The van der Waals surface area contributed by atoms with Crippen LogP contribution in [-0.2, 0) is 6.61 Å². The van der Waals surface area contributed by atoms with E-state index in [2.05, 4.69) is 5.32 Å². The molecular weight excluding hydrogens is 398 g/mol. The summed E-state index contributed by atoms with van der Waals surface area (Å²) in [6.07, 6.45) is 8.26. The van der Waals surface area contributed by atoms with Crippen LogP contribution in [-0.4, -0.2) is 19.2 Å². The number of carbonyl (C=O) groups excluding carboxylic acids is 1. The van der Waals surface area contributed by atoms with Gasteiger partial charge in [-0.05, 0) is 85.3 Å². The van der Waals surface area contributed by atoms with E-state index < -0.39 is 0 Å². The SMILES string of the molecule is O=C(NCC12CC3CC(CC(C3)C1)C2)c1cc(COc2ccc3c(c2)OCO3)cs1. The molecule has 0 saturated heterocycles. The van der Waals surface area contributed by atoms with E-state index in [4.69, 9.17) is 14.2 Å². The van der Waals surface area contributed by atoms with Gasteiger partial charge in [0.2, 0.25) is 6.79 Å². The summed E-state index contributed by atoms with van der Waals surface area (Å²) in [6, 6.07) is 7.52. The van der Waals surface area contributed by atoms with Gasteiger partial charge in [-0.25, -0.2) is 0 Å². The molecule has 0 radical (unpaired) electrons. The molecule has 158 valence electrons. The van der Waals surface area contributed by atoms with Crippen LogP contribution in [0.3, 0.4) is 0 Å². The zero-order valence-corrected chi connectivity index (χ0v) is 17.8. The lowest BCUT2D eigenvalue weighted by molar-refractivity contribution is -0.0503. The van der Waals surface area contributed by atoms with Crippen molar-refractivity contribution in [3.05, 3.63) is 40.1 Å². The molecule has 7 rings (SSSR count). The Kier molecular flexibility index (Phi) is 4.44. The Morgan fingerprint density at radius 2 is 1.80 bits per heavy atom. The molecule has 0 unspecified atom stereocenters. The molecule has 4 bridgehead atoms. The van der Waals surface area contributed by atoms with Crippen LogP contribution in [0, 0.1) is 23.2 Å². The topological polar surface area (TPSA) is 56.8 Å². The zero-order valence-electron chi connectivity index (χ0n) is 17.0. The Morgan fingerprint density at radius 1 is 1.07 bits per heavy atom. The number of rotatable bonds is 6. The summed E-state index contributed by atoms with van der Waals surface area (Å²) >= 11 is 1.49. The molecule has 1 N–H and O–H groups in total. The summed E-state index contributed by atoms with van der Waals surface area (Å²) in [5.74, 6) is 4.99. The molecule has 6 heteroatoms. The average Bonchev–Trinajstić information content (AvgIpc) is 3.38. The van der Waals surface area contributed by atoms with Gasteiger partial charge in [-0.2, -0.15) is 0 Å². The third-order valence-electron chi connectivity index (χ3n) is 7.42. The van der Waals surface area contributed by atoms with E-state index in [1.165, 1.54) is 49.9 Å². The Labute approximate surface area is 180 Å². The van der Waals surface area contributed by atoms with E-state index in [1.54, 1.807) is 0 Å². The molecule has 2 heterocycles. The van der Waals surface area contributed by atoms with Gasteiger partial charge in [0, 0.05) is 18.2 Å². The highest BCUT2D eigenvalue weighted by molar-refractivity contribution is 7.12. The first-order valence-corrected chi connectivity index (χ1v) is 11.9. The smallest absolute Gasteiger partial charge is 0.261 e. The van der Waals surface area contributed by atoms with Crippen molar-refractivity contribution in [2.75, 3.05) is 13.3 Å². The molecule has 0 atom stereocenters. The highest BCUT2D eigenvalue weighted by Crippen LogP contribution is 2.59. The molecule has 4 fully saturated rings. The van der Waals surface area contributed by atoms with Crippen LogP contribution < -0.4 is 19.5 Å². The number of thiophene rings is 1. The molecule has 5 aliphatic rings. The molecular formula is C24H27NO4S. The first-order chi connectivity index (χ1) is 14.6. The number of benzene rings is 1. The molecule has 5 nitrogen and oxygen atoms in total. The molecule has 0 spiro atoms. The molecule has 1 aromatic heterocycles. The lowest BCUT2D eigenvalue weighted by atomic mass is 9.49. The highest BCUT2D eigenvalue weighted by Gasteiger charge is 2.50. The second-order valence-electron chi connectivity index (χ2n) is 9.72. The van der Waals surface area contributed by atoms with Crippen molar-refractivity contribution in [3.63, 3.8) is 0 Å². The van der Waals surface area contributed by atoms with E-state index in [-0.39, 0.29) is 12.7 Å². The normalized spacial score (nSPS) is 30.5. The standard InChI is InChI=1S/C24H27NO4S/c26-23(25-13-24-8-15-3-16(9-24)5-17(4-15)10-24)22-6-18(12-30-22)11-27-19-1-2-20-21(7-19)29-14-28-20/h1-2,6-7,12,15-17H,3-5,8-11,13-14H2,(H,25,26). The Bertz CT molecular complexity index is 933. The number of ether oxygens (including phenoxy) is 3. The van der Waals surface area contributed by atoms with E-state index in [1.807, 2.05) is 29.6 Å². The first kappa shape index (κ1) is 18.6. The number of carbonyl (C=O) groups is 1. The maximum atomic E-state index is 12.8. The monoisotopic (exact) mass is 425 g/mol. The molecule has 2 aromatic rings. The van der Waals surface area contributed by atoms with Gasteiger partial charge in [-0.15, -0.1) is 11.3 Å². The number of hydrogen-bond donors (Lipinski definition) is 1. The van der Waals surface area contributed by atoms with E-state index >= 15 is 0 Å². The Morgan fingerprint density at radius 3 is 2.57 bits per heavy atom. The summed E-state index contributed by atoms with van der Waals surface area (Å²) in [6.45, 7) is 1.53. The summed E-state index contributed by atoms with van der Waals surface area (Å²) < 4.78 is 16.6. The fourth-order valence-corrected chi connectivity index (χ4v) is 7.38. The van der Waals surface area contributed by atoms with Crippen LogP contribution in [0.25, 0.3) is 0 Å². The number of fused-ring (bicyclic) bond motifs is 1. The van der Waals surface area contributed by atoms with Gasteiger partial charge in [-0.1, -0.05) is 0 Å². The van der Waals surface area contributed by atoms with Gasteiger partial charge < -0.3 is 19.5 Å². The van der Waals surface area contributed by atoms with Crippen LogP contribution in [0.1, 0.15) is 53.8 Å². The number of amides is 1. The predicted octanol–water partition coefficient (Wildman–Crippen LogP) is 5.00. The third-order valence-corrected chi connectivity index (χ3v) is 8.39. The number of nitrogens with one attached hydrogen (secondary N) is 1. The highest BCUT2D eigenvalue weighted by atomic mass is 32.1. The Hall–Kier alpha value is -2.21. The minimum atomic E-state index is 0.0603. The van der Waals surface area contributed by atoms with Gasteiger partial charge in [-0.3, -0.25) is 4.79 Å². The second kappa shape index (κ2) is 7.19. The Balaban J connectivity index is 1.05. The van der Waals surface area contributed by atoms with Gasteiger partial charge in [0.25, 0.3) is 5.91 Å². The second-order valence-corrected chi connectivity index (χ2v) is 10.6. The van der Waals surface area contributed by atoms with E-state index in [0.717, 1.165) is 46.2 Å². The van der Waals surface area contributed by atoms with Crippen molar-refractivity contribution >= 4 is 17.2 Å². The summed E-state index contributed by atoms with van der Waals surface area (Å²) in [7, 11) is 0. The minimum Gasteiger partial charge on any atom is -0.489 e. The first-order valence-electron chi connectivity index (χ1n) is 11.0. The molecule has 1 aromatic carbocycles. The maximum Gasteiger partial charge on any atom is 0.261 e. The van der Waals surface area contributed by atoms with Crippen LogP contribution in [0.2, 0.25) is 0 Å². The summed E-state index contributed by atoms with van der Waals surface area (Å²) in [5, 5.41) is 5.28. The molecule has 4 aliphatic carbocycles. The van der Waals surface area contributed by atoms with E-state index in [9.17, 15) is 4.79 Å². The predicted molar refractivity (Wildman–Crippen MR) is 114 cm³/mol. The van der Waals surface area contributed by atoms with Gasteiger partial charge in [0.05, 0.1) is 4.88 Å². The summed E-state index contributed by atoms with van der Waals surface area (Å²) in [5.41, 5.74) is 1.38. The van der Waals surface area contributed by atoms with Crippen molar-refractivity contribution in [1.82, 2.24) is 5.32 Å². The third kappa shape index (κ3) is 3.45. The minimum absolute atomic E-state index is 0.0603. The fourth-order valence-electron chi connectivity index (χ4n) is 6.57. The van der Waals surface area contributed by atoms with Gasteiger partial charge in [0.15, 0.2) is 11.5 Å².